The van der Waals surface area contributed by atoms with E-state index in [1.165, 1.54) is 0 Å². The van der Waals surface area contributed by atoms with Crippen LogP contribution in [0, 0.1) is 0 Å². The Hall–Kier alpha value is -1.36. The van der Waals surface area contributed by atoms with Gasteiger partial charge in [0.1, 0.15) is 0 Å². The first-order valence-electron chi connectivity index (χ1n) is 5.49. The average Bonchev–Trinajstić information content (AvgIpc) is 2.61. The third-order valence-electron chi connectivity index (χ3n) is 2.97. The van der Waals surface area contributed by atoms with Gasteiger partial charge in [0.05, 0.1) is 12.1 Å². The van der Waals surface area contributed by atoms with Gasteiger partial charge in [-0.1, -0.05) is 0 Å². The number of rotatable bonds is 3. The highest BCUT2D eigenvalue weighted by molar-refractivity contribution is 5.69. The van der Waals surface area contributed by atoms with Gasteiger partial charge in [0.25, 0.3) is 0 Å². The average molecular weight is 224 g/mol. The minimum atomic E-state index is -0.818. The Morgan fingerprint density at radius 3 is 2.94 bits per heavy atom. The van der Waals surface area contributed by atoms with Crippen LogP contribution in [-0.2, 0) is 23.0 Å². The summed E-state index contributed by atoms with van der Waals surface area (Å²) in [6.45, 7) is 1.55. The molecule has 5 nitrogen and oxygen atoms in total. The van der Waals surface area contributed by atoms with Crippen LogP contribution in [-0.4, -0.2) is 34.1 Å². The number of ether oxygens (including phenoxy) is 1. The number of aliphatic carboxylic acids is 1. The molecule has 0 bridgehead atoms. The second-order valence-electron chi connectivity index (χ2n) is 4.14. The summed E-state index contributed by atoms with van der Waals surface area (Å²) < 4.78 is 6.96. The molecule has 2 heterocycles. The first-order valence-corrected chi connectivity index (χ1v) is 5.49. The van der Waals surface area contributed by atoms with E-state index in [0.717, 1.165) is 37.4 Å². The monoisotopic (exact) mass is 224 g/mol. The Morgan fingerprint density at radius 2 is 2.31 bits per heavy atom. The van der Waals surface area contributed by atoms with Crippen molar-refractivity contribution in [1.82, 2.24) is 9.78 Å². The fraction of sp³-hybridized carbons (Fsp3) is 0.636. The molecule has 1 aromatic rings. The Balaban J connectivity index is 2.12. The van der Waals surface area contributed by atoms with Crippen LogP contribution < -0.4 is 0 Å². The lowest BCUT2D eigenvalue weighted by molar-refractivity contribution is -0.136. The molecular formula is C11H16N2O3. The van der Waals surface area contributed by atoms with Crippen molar-refractivity contribution in [2.24, 2.45) is 7.05 Å². The lowest BCUT2D eigenvalue weighted by Gasteiger charge is -2.19. The fourth-order valence-electron chi connectivity index (χ4n) is 2.04. The standard InChI is InChI=1S/C11H16N2O3/c1-13-9(7-11(14)15)6-10(12-13)8-2-4-16-5-3-8/h6,8H,2-5,7H2,1H3,(H,14,15). The van der Waals surface area contributed by atoms with E-state index in [1.54, 1.807) is 11.7 Å². The van der Waals surface area contributed by atoms with Crippen molar-refractivity contribution in [3.05, 3.63) is 17.5 Å². The quantitative estimate of drug-likeness (QED) is 0.830. The van der Waals surface area contributed by atoms with Crippen LogP contribution in [0.25, 0.3) is 0 Å². The minimum absolute atomic E-state index is 0.0344. The van der Waals surface area contributed by atoms with Gasteiger partial charge in [-0.3, -0.25) is 9.48 Å². The molecule has 0 amide bonds. The van der Waals surface area contributed by atoms with Gasteiger partial charge in [0.2, 0.25) is 0 Å². The van der Waals surface area contributed by atoms with Crippen LogP contribution in [0.5, 0.6) is 0 Å². The lowest BCUT2D eigenvalue weighted by Crippen LogP contribution is -2.14. The van der Waals surface area contributed by atoms with E-state index in [2.05, 4.69) is 5.10 Å². The van der Waals surface area contributed by atoms with Crippen LogP contribution in [0.15, 0.2) is 6.07 Å². The van der Waals surface area contributed by atoms with Gasteiger partial charge in [0, 0.05) is 31.9 Å². The Bertz CT molecular complexity index is 381. The molecule has 0 saturated carbocycles. The first-order chi connectivity index (χ1) is 7.66. The van der Waals surface area contributed by atoms with Crippen molar-refractivity contribution >= 4 is 5.97 Å². The fourth-order valence-corrected chi connectivity index (χ4v) is 2.04. The number of aryl methyl sites for hydroxylation is 1. The molecule has 0 spiro atoms. The van der Waals surface area contributed by atoms with Crippen molar-refractivity contribution in [3.63, 3.8) is 0 Å². The largest absolute Gasteiger partial charge is 0.481 e. The molecule has 0 aliphatic carbocycles. The molecule has 1 fully saturated rings. The topological polar surface area (TPSA) is 64.4 Å². The SMILES string of the molecule is Cn1nc(C2CCOCC2)cc1CC(=O)O. The van der Waals surface area contributed by atoms with Gasteiger partial charge in [-0.2, -0.15) is 5.10 Å². The molecule has 1 aliphatic heterocycles. The summed E-state index contributed by atoms with van der Waals surface area (Å²) >= 11 is 0. The van der Waals surface area contributed by atoms with Gasteiger partial charge in [0.15, 0.2) is 0 Å². The molecule has 88 valence electrons. The maximum Gasteiger partial charge on any atom is 0.309 e. The highest BCUT2D eigenvalue weighted by atomic mass is 16.5. The van der Waals surface area contributed by atoms with Crippen molar-refractivity contribution < 1.29 is 14.6 Å². The smallest absolute Gasteiger partial charge is 0.309 e. The molecular weight excluding hydrogens is 208 g/mol. The van der Waals surface area contributed by atoms with Gasteiger partial charge in [-0.25, -0.2) is 0 Å². The highest BCUT2D eigenvalue weighted by Crippen LogP contribution is 2.26. The number of carboxylic acids is 1. The number of aromatic nitrogens is 2. The zero-order valence-corrected chi connectivity index (χ0v) is 9.35. The van der Waals surface area contributed by atoms with Crippen LogP contribution in [0.4, 0.5) is 0 Å². The predicted octanol–water partition coefficient (Wildman–Crippen LogP) is 0.941. The van der Waals surface area contributed by atoms with E-state index >= 15 is 0 Å². The summed E-state index contributed by atoms with van der Waals surface area (Å²) in [5.41, 5.74) is 1.76. The van der Waals surface area contributed by atoms with Crippen LogP contribution in [0.1, 0.15) is 30.1 Å². The van der Waals surface area contributed by atoms with Crippen molar-refractivity contribution in [1.29, 1.82) is 0 Å². The summed E-state index contributed by atoms with van der Waals surface area (Å²) in [5, 5.41) is 13.1. The summed E-state index contributed by atoms with van der Waals surface area (Å²) in [5.74, 6) is -0.399. The number of hydrogen-bond acceptors (Lipinski definition) is 3. The molecule has 0 radical (unpaired) electrons. The molecule has 1 saturated heterocycles. The van der Waals surface area contributed by atoms with Gasteiger partial charge in [-0.05, 0) is 18.9 Å². The highest BCUT2D eigenvalue weighted by Gasteiger charge is 2.20. The molecule has 0 atom stereocenters. The molecule has 0 aromatic carbocycles. The molecule has 0 unspecified atom stereocenters. The third-order valence-corrected chi connectivity index (χ3v) is 2.97. The van der Waals surface area contributed by atoms with Gasteiger partial charge >= 0.3 is 5.97 Å². The van der Waals surface area contributed by atoms with E-state index in [4.69, 9.17) is 9.84 Å². The summed E-state index contributed by atoms with van der Waals surface area (Å²) in [6, 6.07) is 1.91. The van der Waals surface area contributed by atoms with E-state index in [-0.39, 0.29) is 6.42 Å². The minimum Gasteiger partial charge on any atom is -0.481 e. The lowest BCUT2D eigenvalue weighted by atomic mass is 9.96. The number of nitrogens with zero attached hydrogens (tertiary/aromatic N) is 2. The van der Waals surface area contributed by atoms with Crippen molar-refractivity contribution in [2.75, 3.05) is 13.2 Å². The summed E-state index contributed by atoms with van der Waals surface area (Å²) in [4.78, 5) is 10.6. The van der Waals surface area contributed by atoms with Crippen molar-refractivity contribution in [3.8, 4) is 0 Å². The van der Waals surface area contributed by atoms with E-state index < -0.39 is 5.97 Å². The van der Waals surface area contributed by atoms with Crippen LogP contribution in [0.2, 0.25) is 0 Å². The Kier molecular flexibility index (Phi) is 3.24. The predicted molar refractivity (Wildman–Crippen MR) is 57.3 cm³/mol. The normalized spacial score (nSPS) is 17.6. The summed E-state index contributed by atoms with van der Waals surface area (Å²) in [7, 11) is 1.79. The van der Waals surface area contributed by atoms with E-state index in [9.17, 15) is 4.79 Å². The second kappa shape index (κ2) is 4.65. The number of carboxylic acid groups (broad SMARTS) is 1. The van der Waals surface area contributed by atoms with Crippen molar-refractivity contribution in [2.45, 2.75) is 25.2 Å². The van der Waals surface area contributed by atoms with E-state index in [1.807, 2.05) is 6.07 Å². The molecule has 2 rings (SSSR count). The molecule has 1 aliphatic rings. The van der Waals surface area contributed by atoms with Crippen LogP contribution in [0.3, 0.4) is 0 Å². The molecule has 16 heavy (non-hydrogen) atoms. The molecule has 5 heteroatoms. The van der Waals surface area contributed by atoms with E-state index in [0.29, 0.717) is 5.92 Å². The second-order valence-corrected chi connectivity index (χ2v) is 4.14. The Labute approximate surface area is 94.0 Å². The maximum atomic E-state index is 10.6. The van der Waals surface area contributed by atoms with Gasteiger partial charge in [-0.15, -0.1) is 0 Å². The Morgan fingerprint density at radius 1 is 1.62 bits per heavy atom. The first kappa shape index (κ1) is 11.1. The number of hydrogen-bond donors (Lipinski definition) is 1. The number of carbonyl (C=O) groups is 1. The van der Waals surface area contributed by atoms with Gasteiger partial charge < -0.3 is 9.84 Å². The summed E-state index contributed by atoms with van der Waals surface area (Å²) in [6.07, 6.45) is 1.99. The zero-order valence-electron chi connectivity index (χ0n) is 9.35. The maximum absolute atomic E-state index is 10.6. The van der Waals surface area contributed by atoms with Crippen LogP contribution >= 0.6 is 0 Å². The zero-order chi connectivity index (χ0) is 11.5. The third kappa shape index (κ3) is 2.41. The molecule has 1 aromatic heterocycles. The molecule has 1 N–H and O–H groups in total.